The molecule has 0 saturated heterocycles. The zero-order valence-corrected chi connectivity index (χ0v) is 20.1. The highest BCUT2D eigenvalue weighted by molar-refractivity contribution is 5.99. The first-order chi connectivity index (χ1) is 16.8. The van der Waals surface area contributed by atoms with Gasteiger partial charge in [-0.05, 0) is 63.6 Å². The third-order valence-corrected chi connectivity index (χ3v) is 5.37. The van der Waals surface area contributed by atoms with Crippen LogP contribution in [0.5, 0.6) is 0 Å². The molecule has 10 heteroatoms. The summed E-state index contributed by atoms with van der Waals surface area (Å²) in [4.78, 5) is 28.5. The van der Waals surface area contributed by atoms with Crippen molar-refractivity contribution in [3.05, 3.63) is 76.5 Å². The average molecular weight is 496 g/mol. The molecule has 0 N–H and O–H groups in total. The number of nitrogens with zero attached hydrogens (tertiary/aromatic N) is 4. The smallest absolute Gasteiger partial charge is 0.416 e. The summed E-state index contributed by atoms with van der Waals surface area (Å²) in [6, 6.07) is 12.5. The molecule has 36 heavy (non-hydrogen) atoms. The van der Waals surface area contributed by atoms with E-state index in [0.29, 0.717) is 11.1 Å². The molecule has 0 saturated carbocycles. The van der Waals surface area contributed by atoms with E-state index in [-0.39, 0.29) is 17.0 Å². The highest BCUT2D eigenvalue weighted by atomic mass is 19.4. The van der Waals surface area contributed by atoms with Gasteiger partial charge in [0.1, 0.15) is 12.1 Å². The lowest BCUT2D eigenvalue weighted by Crippen LogP contribution is -2.51. The van der Waals surface area contributed by atoms with Crippen molar-refractivity contribution in [1.82, 2.24) is 4.90 Å². The number of carbonyl (C=O) groups excluding carboxylic acids is 2. The summed E-state index contributed by atoms with van der Waals surface area (Å²) in [7, 11) is 0. The van der Waals surface area contributed by atoms with Crippen molar-refractivity contribution in [1.29, 1.82) is 10.5 Å². The zero-order chi connectivity index (χ0) is 26.8. The van der Waals surface area contributed by atoms with Crippen LogP contribution in [0.15, 0.2) is 59.8 Å². The van der Waals surface area contributed by atoms with Gasteiger partial charge in [0.15, 0.2) is 0 Å². The van der Waals surface area contributed by atoms with Crippen LogP contribution in [0, 0.1) is 22.7 Å². The predicted octanol–water partition coefficient (Wildman–Crippen LogP) is 5.70. The zero-order valence-electron chi connectivity index (χ0n) is 20.1. The third-order valence-electron chi connectivity index (χ3n) is 5.37. The van der Waals surface area contributed by atoms with Crippen molar-refractivity contribution in [2.75, 3.05) is 11.4 Å². The molecule has 2 aromatic rings. The van der Waals surface area contributed by atoms with Gasteiger partial charge in [-0.15, -0.1) is 0 Å². The Bertz CT molecular complexity index is 1300. The first-order valence-corrected chi connectivity index (χ1v) is 10.9. The number of halogens is 3. The van der Waals surface area contributed by atoms with E-state index < -0.39 is 41.9 Å². The molecule has 0 fully saturated rings. The minimum Gasteiger partial charge on any atom is -0.459 e. The Morgan fingerprint density at radius 2 is 1.69 bits per heavy atom. The van der Waals surface area contributed by atoms with Crippen LogP contribution >= 0.6 is 0 Å². The number of allylic oxidation sites excluding steroid dienone is 1. The predicted molar refractivity (Wildman–Crippen MR) is 124 cm³/mol. The molecule has 0 bridgehead atoms. The van der Waals surface area contributed by atoms with Crippen molar-refractivity contribution in [2.24, 2.45) is 0 Å². The molecule has 186 valence electrons. The number of nitriles is 2. The second kappa shape index (κ2) is 9.74. The Balaban J connectivity index is 2.18. The van der Waals surface area contributed by atoms with Crippen LogP contribution in [0.3, 0.4) is 0 Å². The number of hydrogen-bond acceptors (Lipinski definition) is 5. The SMILES string of the molecule is CC1=C(C#N)[C@@H](c2ccc(C#N)cc2)N(CC(=O)OC(C)(C)C)C(=O)N1c1cccc(C(F)(F)F)c1. The molecule has 0 unspecified atom stereocenters. The summed E-state index contributed by atoms with van der Waals surface area (Å²) in [5.41, 5.74) is -0.948. The molecule has 1 aliphatic heterocycles. The van der Waals surface area contributed by atoms with Gasteiger partial charge in [-0.25, -0.2) is 4.79 Å². The second-order valence-corrected chi connectivity index (χ2v) is 9.13. The van der Waals surface area contributed by atoms with Gasteiger partial charge in [0.2, 0.25) is 0 Å². The van der Waals surface area contributed by atoms with Crippen LogP contribution in [0.2, 0.25) is 0 Å². The first kappa shape index (κ1) is 26.3. The summed E-state index contributed by atoms with van der Waals surface area (Å²) in [6.45, 7) is 5.86. The van der Waals surface area contributed by atoms with Crippen molar-refractivity contribution in [3.8, 4) is 12.1 Å². The topological polar surface area (TPSA) is 97.4 Å². The Hall–Kier alpha value is -4.31. The highest BCUT2D eigenvalue weighted by Gasteiger charge is 2.42. The Morgan fingerprint density at radius 1 is 1.06 bits per heavy atom. The molecule has 1 aliphatic rings. The minimum absolute atomic E-state index is 0.0558. The van der Waals surface area contributed by atoms with Crippen molar-refractivity contribution >= 4 is 17.7 Å². The minimum atomic E-state index is -4.65. The standard InChI is InChI=1S/C26H23F3N4O3/c1-16-21(14-31)23(18-10-8-17(13-30)9-11-18)32(15-22(34)36-25(2,3)4)24(35)33(16)20-7-5-6-19(12-20)26(27,28)29/h5-12,23H,15H2,1-4H3/t23-/m1/s1. The van der Waals surface area contributed by atoms with E-state index in [4.69, 9.17) is 10.00 Å². The largest absolute Gasteiger partial charge is 0.459 e. The second-order valence-electron chi connectivity index (χ2n) is 9.13. The van der Waals surface area contributed by atoms with E-state index in [2.05, 4.69) is 6.07 Å². The Kier molecular flexibility index (Phi) is 7.12. The number of hydrogen-bond donors (Lipinski definition) is 0. The van der Waals surface area contributed by atoms with E-state index in [0.717, 1.165) is 28.0 Å². The van der Waals surface area contributed by atoms with Crippen molar-refractivity contribution in [2.45, 2.75) is 45.5 Å². The van der Waals surface area contributed by atoms with Crippen molar-refractivity contribution in [3.63, 3.8) is 0 Å². The van der Waals surface area contributed by atoms with Crippen molar-refractivity contribution < 1.29 is 27.5 Å². The quantitative estimate of drug-likeness (QED) is 0.506. The third kappa shape index (κ3) is 5.49. The van der Waals surface area contributed by atoms with E-state index in [9.17, 15) is 28.0 Å². The van der Waals surface area contributed by atoms with E-state index in [1.807, 2.05) is 6.07 Å². The number of ether oxygens (including phenoxy) is 1. The summed E-state index contributed by atoms with van der Waals surface area (Å²) in [6.07, 6.45) is -4.65. The lowest BCUT2D eigenvalue weighted by Gasteiger charge is -2.41. The van der Waals surface area contributed by atoms with Crippen LogP contribution in [-0.4, -0.2) is 29.0 Å². The average Bonchev–Trinajstić information content (AvgIpc) is 2.79. The molecule has 0 aromatic heterocycles. The molecule has 0 spiro atoms. The summed E-state index contributed by atoms with van der Waals surface area (Å²) in [5, 5.41) is 19.2. The van der Waals surface area contributed by atoms with E-state index in [1.54, 1.807) is 32.9 Å². The molecule has 1 atom stereocenters. The first-order valence-electron chi connectivity index (χ1n) is 10.9. The van der Waals surface area contributed by atoms with Gasteiger partial charge < -0.3 is 9.64 Å². The highest BCUT2D eigenvalue weighted by Crippen LogP contribution is 2.40. The Morgan fingerprint density at radius 3 is 2.22 bits per heavy atom. The summed E-state index contributed by atoms with van der Waals surface area (Å²) in [5.74, 6) is -0.754. The Labute approximate surface area is 206 Å². The fourth-order valence-electron chi connectivity index (χ4n) is 3.88. The van der Waals surface area contributed by atoms with Gasteiger partial charge in [-0.3, -0.25) is 9.69 Å². The number of anilines is 1. The number of alkyl halides is 3. The van der Waals surface area contributed by atoms with Gasteiger partial charge >= 0.3 is 18.2 Å². The van der Waals surface area contributed by atoms with Crippen LogP contribution in [0.25, 0.3) is 0 Å². The molecule has 2 aromatic carbocycles. The van der Waals surface area contributed by atoms with E-state index in [1.165, 1.54) is 25.1 Å². The van der Waals surface area contributed by atoms with Crippen LogP contribution in [0.4, 0.5) is 23.7 Å². The fraction of sp³-hybridized carbons (Fsp3) is 0.308. The fourth-order valence-corrected chi connectivity index (χ4v) is 3.88. The number of esters is 1. The molecule has 7 nitrogen and oxygen atoms in total. The number of carbonyl (C=O) groups is 2. The van der Waals surface area contributed by atoms with E-state index >= 15 is 0 Å². The molecular formula is C26H23F3N4O3. The maximum Gasteiger partial charge on any atom is 0.416 e. The summed E-state index contributed by atoms with van der Waals surface area (Å²) < 4.78 is 45.5. The molecule has 2 amide bonds. The van der Waals surface area contributed by atoms with Gasteiger partial charge in [0.05, 0.1) is 40.6 Å². The molecule has 3 rings (SSSR count). The number of rotatable bonds is 4. The normalized spacial score (nSPS) is 16.5. The van der Waals surface area contributed by atoms with Crippen LogP contribution < -0.4 is 4.90 Å². The molecular weight excluding hydrogens is 473 g/mol. The molecule has 0 radical (unpaired) electrons. The molecule has 0 aliphatic carbocycles. The van der Waals surface area contributed by atoms with Gasteiger partial charge in [-0.2, -0.15) is 23.7 Å². The number of benzene rings is 2. The molecule has 1 heterocycles. The lowest BCUT2D eigenvalue weighted by molar-refractivity contribution is -0.155. The van der Waals surface area contributed by atoms with Gasteiger partial charge in [0.25, 0.3) is 0 Å². The summed E-state index contributed by atoms with van der Waals surface area (Å²) >= 11 is 0. The number of amides is 2. The van der Waals surface area contributed by atoms with Crippen LogP contribution in [0.1, 0.15) is 50.4 Å². The monoisotopic (exact) mass is 496 g/mol. The number of urea groups is 1. The van der Waals surface area contributed by atoms with Crippen LogP contribution in [-0.2, 0) is 15.7 Å². The van der Waals surface area contributed by atoms with Gasteiger partial charge in [0, 0.05) is 5.70 Å². The maximum atomic E-state index is 13.7. The lowest BCUT2D eigenvalue weighted by atomic mass is 9.93. The van der Waals surface area contributed by atoms with Gasteiger partial charge in [-0.1, -0.05) is 18.2 Å². The maximum absolute atomic E-state index is 13.7.